The number of nitrogens with two attached hydrogens (primary N) is 1. The Morgan fingerprint density at radius 2 is 1.88 bits per heavy atom. The van der Waals surface area contributed by atoms with Crippen molar-refractivity contribution in [2.24, 2.45) is 11.7 Å². The SMILES string of the molecule is CC(C)C[C@H](N)C(=O)N1CCN(Cc2cn3ccccc3n2)CC1.Cl.Cl. The molecule has 146 valence electrons. The van der Waals surface area contributed by atoms with Crippen molar-refractivity contribution in [1.82, 2.24) is 19.2 Å². The number of hydrogen-bond donors (Lipinski definition) is 1. The van der Waals surface area contributed by atoms with Gasteiger partial charge in [-0.05, 0) is 24.5 Å². The summed E-state index contributed by atoms with van der Waals surface area (Å²) in [4.78, 5) is 21.3. The van der Waals surface area contributed by atoms with E-state index in [1.807, 2.05) is 33.7 Å². The summed E-state index contributed by atoms with van der Waals surface area (Å²) >= 11 is 0. The minimum absolute atomic E-state index is 0. The van der Waals surface area contributed by atoms with Gasteiger partial charge in [0.25, 0.3) is 0 Å². The second kappa shape index (κ2) is 10.1. The molecule has 6 nitrogen and oxygen atoms in total. The first-order chi connectivity index (χ1) is 11.5. The topological polar surface area (TPSA) is 66.9 Å². The molecule has 2 aromatic rings. The lowest BCUT2D eigenvalue weighted by atomic mass is 10.0. The monoisotopic (exact) mass is 401 g/mol. The van der Waals surface area contributed by atoms with Gasteiger partial charge in [0, 0.05) is 45.1 Å². The lowest BCUT2D eigenvalue weighted by molar-refractivity contribution is -0.134. The van der Waals surface area contributed by atoms with Crippen molar-refractivity contribution in [2.75, 3.05) is 26.2 Å². The standard InChI is InChI=1S/C18H27N5O.2ClH/c1-14(2)11-16(19)18(24)22-9-7-21(8-10-22)12-15-13-23-6-4-3-5-17(23)20-15;;/h3-6,13-14,16H,7-12,19H2,1-2H3;2*1H/t16-;;/m0../s1. The Morgan fingerprint density at radius 1 is 1.19 bits per heavy atom. The van der Waals surface area contributed by atoms with E-state index in [2.05, 4.69) is 29.9 Å². The van der Waals surface area contributed by atoms with Gasteiger partial charge >= 0.3 is 0 Å². The van der Waals surface area contributed by atoms with Gasteiger partial charge in [-0.2, -0.15) is 0 Å². The Kier molecular flexibility index (Phi) is 8.83. The van der Waals surface area contributed by atoms with Crippen LogP contribution in [0.2, 0.25) is 0 Å². The van der Waals surface area contributed by atoms with Crippen LogP contribution in [0.5, 0.6) is 0 Å². The summed E-state index contributed by atoms with van der Waals surface area (Å²) in [6.45, 7) is 8.25. The Bertz CT molecular complexity index is 665. The molecule has 0 radical (unpaired) electrons. The number of nitrogens with zero attached hydrogens (tertiary/aromatic N) is 4. The summed E-state index contributed by atoms with van der Waals surface area (Å²) in [5.41, 5.74) is 8.07. The Hall–Kier alpha value is -1.34. The Labute approximate surface area is 167 Å². The minimum atomic E-state index is -0.366. The summed E-state index contributed by atoms with van der Waals surface area (Å²) in [7, 11) is 0. The van der Waals surface area contributed by atoms with Crippen molar-refractivity contribution in [3.8, 4) is 0 Å². The van der Waals surface area contributed by atoms with E-state index in [0.717, 1.165) is 50.5 Å². The molecule has 0 aliphatic carbocycles. The van der Waals surface area contributed by atoms with Gasteiger partial charge in [-0.1, -0.05) is 19.9 Å². The van der Waals surface area contributed by atoms with Gasteiger partial charge in [0.2, 0.25) is 5.91 Å². The first-order valence-electron chi connectivity index (χ1n) is 8.72. The van der Waals surface area contributed by atoms with E-state index in [1.54, 1.807) is 0 Å². The molecular weight excluding hydrogens is 373 g/mol. The average molecular weight is 402 g/mol. The zero-order chi connectivity index (χ0) is 17.1. The van der Waals surface area contributed by atoms with Crippen LogP contribution in [0.4, 0.5) is 0 Å². The number of carbonyl (C=O) groups excluding carboxylic acids is 1. The fourth-order valence-corrected chi connectivity index (χ4v) is 3.26. The molecular formula is C18H29Cl2N5O. The molecule has 3 rings (SSSR count). The van der Waals surface area contributed by atoms with Gasteiger partial charge in [-0.25, -0.2) is 4.98 Å². The molecule has 1 aliphatic rings. The molecule has 2 aromatic heterocycles. The molecule has 0 bridgehead atoms. The number of hydrogen-bond acceptors (Lipinski definition) is 4. The van der Waals surface area contributed by atoms with Crippen LogP contribution in [0.15, 0.2) is 30.6 Å². The fourth-order valence-electron chi connectivity index (χ4n) is 3.26. The van der Waals surface area contributed by atoms with E-state index in [1.165, 1.54) is 0 Å². The van der Waals surface area contributed by atoms with E-state index in [-0.39, 0.29) is 36.8 Å². The van der Waals surface area contributed by atoms with E-state index < -0.39 is 0 Å². The molecule has 26 heavy (non-hydrogen) atoms. The normalized spacial score (nSPS) is 16.2. The second-order valence-electron chi connectivity index (χ2n) is 7.04. The first-order valence-corrected chi connectivity index (χ1v) is 8.72. The van der Waals surface area contributed by atoms with Gasteiger partial charge < -0.3 is 15.0 Å². The maximum Gasteiger partial charge on any atom is 0.239 e. The molecule has 3 heterocycles. The molecule has 0 saturated carbocycles. The predicted octanol–water partition coefficient (Wildman–Crippen LogP) is 2.20. The number of aromatic nitrogens is 2. The van der Waals surface area contributed by atoms with Gasteiger partial charge in [-0.3, -0.25) is 9.69 Å². The highest BCUT2D eigenvalue weighted by atomic mass is 35.5. The van der Waals surface area contributed by atoms with Crippen LogP contribution in [0.25, 0.3) is 5.65 Å². The molecule has 8 heteroatoms. The zero-order valence-corrected chi connectivity index (χ0v) is 17.0. The van der Waals surface area contributed by atoms with Crippen molar-refractivity contribution in [3.05, 3.63) is 36.3 Å². The fraction of sp³-hybridized carbons (Fsp3) is 0.556. The highest BCUT2D eigenvalue weighted by Gasteiger charge is 2.25. The highest BCUT2D eigenvalue weighted by molar-refractivity contribution is 5.85. The predicted molar refractivity (Wildman–Crippen MR) is 109 cm³/mol. The summed E-state index contributed by atoms with van der Waals surface area (Å²) in [6, 6.07) is 5.64. The molecule has 0 unspecified atom stereocenters. The molecule has 1 aliphatic heterocycles. The maximum atomic E-state index is 12.4. The molecule has 1 atom stereocenters. The number of halogens is 2. The van der Waals surface area contributed by atoms with Gasteiger partial charge in [-0.15, -0.1) is 24.8 Å². The van der Waals surface area contributed by atoms with Crippen LogP contribution >= 0.6 is 24.8 Å². The van der Waals surface area contributed by atoms with Crippen LogP contribution < -0.4 is 5.73 Å². The number of rotatable bonds is 5. The van der Waals surface area contributed by atoms with Crippen molar-refractivity contribution in [1.29, 1.82) is 0 Å². The van der Waals surface area contributed by atoms with Gasteiger partial charge in [0.15, 0.2) is 0 Å². The quantitative estimate of drug-likeness (QED) is 0.833. The lowest BCUT2D eigenvalue weighted by Crippen LogP contribution is -2.53. The van der Waals surface area contributed by atoms with Crippen LogP contribution in [-0.2, 0) is 11.3 Å². The third-order valence-corrected chi connectivity index (χ3v) is 4.53. The smallest absolute Gasteiger partial charge is 0.239 e. The zero-order valence-electron chi connectivity index (χ0n) is 15.4. The number of imidazole rings is 1. The number of pyridine rings is 1. The summed E-state index contributed by atoms with van der Waals surface area (Å²) < 4.78 is 2.04. The maximum absolute atomic E-state index is 12.4. The van der Waals surface area contributed by atoms with E-state index in [9.17, 15) is 4.79 Å². The molecule has 2 N–H and O–H groups in total. The summed E-state index contributed by atoms with van der Waals surface area (Å²) in [5, 5.41) is 0. The molecule has 1 fully saturated rings. The summed E-state index contributed by atoms with van der Waals surface area (Å²) in [6.07, 6.45) is 4.84. The molecule has 1 amide bonds. The minimum Gasteiger partial charge on any atom is -0.339 e. The lowest BCUT2D eigenvalue weighted by Gasteiger charge is -2.35. The van der Waals surface area contributed by atoms with E-state index in [0.29, 0.717) is 5.92 Å². The Balaban J connectivity index is 0.00000169. The van der Waals surface area contributed by atoms with Gasteiger partial charge in [0.1, 0.15) is 5.65 Å². The third kappa shape index (κ3) is 5.58. The van der Waals surface area contributed by atoms with Crippen molar-refractivity contribution >= 4 is 36.4 Å². The summed E-state index contributed by atoms with van der Waals surface area (Å²) in [5.74, 6) is 0.538. The first kappa shape index (κ1) is 22.7. The van der Waals surface area contributed by atoms with Crippen molar-refractivity contribution in [2.45, 2.75) is 32.9 Å². The van der Waals surface area contributed by atoms with Crippen LogP contribution in [-0.4, -0.2) is 57.3 Å². The number of amides is 1. The Morgan fingerprint density at radius 3 is 2.50 bits per heavy atom. The third-order valence-electron chi connectivity index (χ3n) is 4.53. The molecule has 0 spiro atoms. The van der Waals surface area contributed by atoms with Crippen molar-refractivity contribution in [3.63, 3.8) is 0 Å². The van der Waals surface area contributed by atoms with Crippen LogP contribution in [0, 0.1) is 5.92 Å². The second-order valence-corrected chi connectivity index (χ2v) is 7.04. The van der Waals surface area contributed by atoms with E-state index >= 15 is 0 Å². The largest absolute Gasteiger partial charge is 0.339 e. The molecule has 0 aromatic carbocycles. The number of fused-ring (bicyclic) bond motifs is 1. The number of carbonyl (C=O) groups is 1. The molecule has 1 saturated heterocycles. The van der Waals surface area contributed by atoms with Crippen LogP contribution in [0.1, 0.15) is 26.0 Å². The van der Waals surface area contributed by atoms with Crippen molar-refractivity contribution < 1.29 is 4.79 Å². The van der Waals surface area contributed by atoms with Crippen LogP contribution in [0.3, 0.4) is 0 Å². The van der Waals surface area contributed by atoms with E-state index in [4.69, 9.17) is 5.73 Å². The highest BCUT2D eigenvalue weighted by Crippen LogP contribution is 2.12. The number of piperazine rings is 1. The van der Waals surface area contributed by atoms with Gasteiger partial charge in [0.05, 0.1) is 11.7 Å². The average Bonchev–Trinajstić information content (AvgIpc) is 2.96.